The highest BCUT2D eigenvalue weighted by molar-refractivity contribution is 7.85. The average molecular weight is 307 g/mol. The zero-order chi connectivity index (χ0) is 15.8. The third-order valence-corrected chi connectivity index (χ3v) is 4.50. The van der Waals surface area contributed by atoms with E-state index in [2.05, 4.69) is 38.2 Å². The second kappa shape index (κ2) is 8.78. The van der Waals surface area contributed by atoms with Crippen LogP contribution in [-0.4, -0.2) is 28.2 Å². The lowest BCUT2D eigenvalue weighted by atomic mass is 9.97. The van der Waals surface area contributed by atoms with E-state index in [4.69, 9.17) is 0 Å². The van der Waals surface area contributed by atoms with Crippen molar-refractivity contribution in [1.82, 2.24) is 5.32 Å². The topological polar surface area (TPSA) is 46.2 Å². The van der Waals surface area contributed by atoms with E-state index in [1.165, 1.54) is 22.3 Å². The van der Waals surface area contributed by atoms with E-state index in [1.54, 1.807) is 0 Å². The number of benzene rings is 1. The van der Waals surface area contributed by atoms with Gasteiger partial charge in [-0.1, -0.05) is 29.8 Å². The number of carbonyl (C=O) groups excluding carboxylic acids is 1. The maximum Gasteiger partial charge on any atom is 0.232 e. The quantitative estimate of drug-likeness (QED) is 0.787. The van der Waals surface area contributed by atoms with E-state index in [-0.39, 0.29) is 11.7 Å². The van der Waals surface area contributed by atoms with Crippen molar-refractivity contribution in [3.8, 4) is 0 Å². The molecular weight excluding hydrogens is 282 g/mol. The van der Waals surface area contributed by atoms with Crippen LogP contribution in [0, 0.1) is 20.8 Å². The van der Waals surface area contributed by atoms with Gasteiger partial charge < -0.3 is 5.32 Å². The Hall–Kier alpha value is -1.42. The van der Waals surface area contributed by atoms with Crippen molar-refractivity contribution in [2.45, 2.75) is 34.1 Å². The number of carbonyl (C=O) groups is 1. The number of rotatable bonds is 7. The Labute approximate surface area is 130 Å². The molecule has 0 heterocycles. The van der Waals surface area contributed by atoms with E-state index in [1.807, 2.05) is 19.1 Å². The van der Waals surface area contributed by atoms with Gasteiger partial charge in [0, 0.05) is 23.1 Å². The van der Waals surface area contributed by atoms with Crippen LogP contribution in [0.15, 0.2) is 24.3 Å². The van der Waals surface area contributed by atoms with Crippen LogP contribution in [0.1, 0.15) is 29.2 Å². The van der Waals surface area contributed by atoms with Gasteiger partial charge in [0.15, 0.2) is 0 Å². The van der Waals surface area contributed by atoms with Crippen LogP contribution in [0.5, 0.6) is 0 Å². The molecule has 3 nitrogen and oxygen atoms in total. The summed E-state index contributed by atoms with van der Waals surface area (Å²) in [5.41, 5.74) is 5.07. The summed E-state index contributed by atoms with van der Waals surface area (Å²) in [6.45, 7) is 8.76. The van der Waals surface area contributed by atoms with Gasteiger partial charge in [0.25, 0.3) is 0 Å². The molecule has 0 saturated carbocycles. The van der Waals surface area contributed by atoms with Gasteiger partial charge in [-0.2, -0.15) is 0 Å². The summed E-state index contributed by atoms with van der Waals surface area (Å²) >= 11 is 0. The van der Waals surface area contributed by atoms with Crippen LogP contribution in [-0.2, 0) is 22.0 Å². The predicted octanol–water partition coefficient (Wildman–Crippen LogP) is 2.60. The number of nitrogens with one attached hydrogen (secondary N) is 1. The molecule has 116 valence electrons. The number of hydrogen-bond donors (Lipinski definition) is 1. The SMILES string of the molecule is C/C=C/C[S@@](=O)CC(=O)NCCc1c(C)cc(C)cc1C. The minimum Gasteiger partial charge on any atom is -0.355 e. The zero-order valence-electron chi connectivity index (χ0n) is 13.4. The third kappa shape index (κ3) is 6.25. The molecule has 0 aliphatic heterocycles. The van der Waals surface area contributed by atoms with E-state index in [9.17, 15) is 9.00 Å². The highest BCUT2D eigenvalue weighted by Crippen LogP contribution is 2.16. The van der Waals surface area contributed by atoms with Crippen LogP contribution in [0.25, 0.3) is 0 Å². The van der Waals surface area contributed by atoms with Crippen molar-refractivity contribution >= 4 is 16.7 Å². The fraction of sp³-hybridized carbons (Fsp3) is 0.471. The molecule has 1 N–H and O–H groups in total. The predicted molar refractivity (Wildman–Crippen MR) is 90.1 cm³/mol. The maximum atomic E-state index is 11.7. The summed E-state index contributed by atoms with van der Waals surface area (Å²) in [7, 11) is -1.11. The molecule has 0 aromatic heterocycles. The highest BCUT2D eigenvalue weighted by Gasteiger charge is 2.08. The second-order valence-electron chi connectivity index (χ2n) is 5.30. The Kier molecular flexibility index (Phi) is 7.37. The van der Waals surface area contributed by atoms with Crippen LogP contribution < -0.4 is 5.32 Å². The summed E-state index contributed by atoms with van der Waals surface area (Å²) in [4.78, 5) is 11.7. The Morgan fingerprint density at radius 3 is 2.43 bits per heavy atom. The molecular formula is C17H25NO2S. The first-order chi connectivity index (χ1) is 9.93. The zero-order valence-corrected chi connectivity index (χ0v) is 14.2. The first kappa shape index (κ1) is 17.6. The molecule has 1 aromatic carbocycles. The molecule has 0 fully saturated rings. The molecule has 0 aliphatic carbocycles. The Morgan fingerprint density at radius 1 is 1.24 bits per heavy atom. The maximum absolute atomic E-state index is 11.7. The number of aryl methyl sites for hydroxylation is 3. The van der Waals surface area contributed by atoms with E-state index < -0.39 is 10.8 Å². The Morgan fingerprint density at radius 2 is 1.86 bits per heavy atom. The highest BCUT2D eigenvalue weighted by atomic mass is 32.2. The van der Waals surface area contributed by atoms with Crippen LogP contribution in [0.4, 0.5) is 0 Å². The molecule has 21 heavy (non-hydrogen) atoms. The van der Waals surface area contributed by atoms with Gasteiger partial charge in [0.05, 0.1) is 0 Å². The number of hydrogen-bond acceptors (Lipinski definition) is 2. The molecule has 1 aromatic rings. The molecule has 4 heteroatoms. The van der Waals surface area contributed by atoms with Crippen LogP contribution in [0.3, 0.4) is 0 Å². The van der Waals surface area contributed by atoms with Gasteiger partial charge in [-0.15, -0.1) is 0 Å². The van der Waals surface area contributed by atoms with Crippen LogP contribution in [0.2, 0.25) is 0 Å². The summed E-state index contributed by atoms with van der Waals surface area (Å²) in [6, 6.07) is 4.33. The first-order valence-corrected chi connectivity index (χ1v) is 8.72. The summed E-state index contributed by atoms with van der Waals surface area (Å²) in [5, 5.41) is 2.85. The minimum atomic E-state index is -1.11. The van der Waals surface area contributed by atoms with Crippen molar-refractivity contribution in [2.75, 3.05) is 18.1 Å². The normalized spacial score (nSPS) is 12.6. The second-order valence-corrected chi connectivity index (χ2v) is 6.80. The summed E-state index contributed by atoms with van der Waals surface area (Å²) in [6.07, 6.45) is 4.48. The molecule has 1 rings (SSSR count). The van der Waals surface area contributed by atoms with E-state index in [0.717, 1.165) is 6.42 Å². The van der Waals surface area contributed by atoms with Gasteiger partial charge in [0.2, 0.25) is 5.91 Å². The fourth-order valence-corrected chi connectivity index (χ4v) is 3.31. The molecule has 1 amide bonds. The molecule has 0 spiro atoms. The van der Waals surface area contributed by atoms with Crippen molar-refractivity contribution in [1.29, 1.82) is 0 Å². The van der Waals surface area contributed by atoms with Gasteiger partial charge in [-0.05, 0) is 50.8 Å². The summed E-state index contributed by atoms with van der Waals surface area (Å²) in [5.74, 6) is 0.385. The fourth-order valence-electron chi connectivity index (χ4n) is 2.39. The lowest BCUT2D eigenvalue weighted by Crippen LogP contribution is -2.30. The lowest BCUT2D eigenvalue weighted by Gasteiger charge is -2.12. The van der Waals surface area contributed by atoms with Gasteiger partial charge in [-0.25, -0.2) is 0 Å². The molecule has 1 atom stereocenters. The largest absolute Gasteiger partial charge is 0.355 e. The van der Waals surface area contributed by atoms with Crippen molar-refractivity contribution in [3.05, 3.63) is 46.5 Å². The number of amides is 1. The van der Waals surface area contributed by atoms with Gasteiger partial charge >= 0.3 is 0 Å². The Balaban J connectivity index is 2.43. The smallest absolute Gasteiger partial charge is 0.232 e. The van der Waals surface area contributed by atoms with Crippen molar-refractivity contribution in [2.24, 2.45) is 0 Å². The monoisotopic (exact) mass is 307 g/mol. The van der Waals surface area contributed by atoms with E-state index in [0.29, 0.717) is 12.3 Å². The van der Waals surface area contributed by atoms with E-state index >= 15 is 0 Å². The number of allylic oxidation sites excluding steroid dienone is 1. The van der Waals surface area contributed by atoms with Gasteiger partial charge in [0.1, 0.15) is 5.75 Å². The lowest BCUT2D eigenvalue weighted by molar-refractivity contribution is -0.118. The molecule has 0 saturated heterocycles. The molecule has 0 aliphatic rings. The molecule has 0 unspecified atom stereocenters. The third-order valence-electron chi connectivity index (χ3n) is 3.35. The summed E-state index contributed by atoms with van der Waals surface area (Å²) < 4.78 is 11.6. The minimum absolute atomic E-state index is 0.0796. The average Bonchev–Trinajstić information content (AvgIpc) is 2.39. The van der Waals surface area contributed by atoms with Crippen molar-refractivity contribution < 1.29 is 9.00 Å². The van der Waals surface area contributed by atoms with Crippen molar-refractivity contribution in [3.63, 3.8) is 0 Å². The first-order valence-electron chi connectivity index (χ1n) is 7.23. The Bertz CT molecular complexity index is 527. The van der Waals surface area contributed by atoms with Crippen LogP contribution >= 0.6 is 0 Å². The molecule has 0 radical (unpaired) electrons. The standard InChI is InChI=1S/C17H25NO2S/c1-5-6-9-21(20)12-17(19)18-8-7-16-14(3)10-13(2)11-15(16)4/h5-6,10-11H,7-9,12H2,1-4H3,(H,18,19)/b6-5+/t21-/m1/s1. The van der Waals surface area contributed by atoms with Gasteiger partial charge in [-0.3, -0.25) is 9.00 Å². The molecule has 0 bridgehead atoms.